The quantitative estimate of drug-likeness (QED) is 0.878. The average molecular weight is 361 g/mol. The zero-order valence-electron chi connectivity index (χ0n) is 14.0. The van der Waals surface area contributed by atoms with Gasteiger partial charge in [0.05, 0.1) is 11.2 Å². The summed E-state index contributed by atoms with van der Waals surface area (Å²) in [5.74, 6) is 0. The molecule has 0 amide bonds. The molecule has 1 aliphatic rings. The largest absolute Gasteiger partial charge is 0.243 e. The second kappa shape index (κ2) is 6.51. The normalized spacial score (nSPS) is 18.3. The molecule has 0 aromatic heterocycles. The first-order chi connectivity index (χ1) is 10.5. The van der Waals surface area contributed by atoms with Gasteiger partial charge in [0.25, 0.3) is 0 Å². The highest BCUT2D eigenvalue weighted by atomic mass is 32.2. The number of nitrogens with one attached hydrogen (secondary N) is 1. The van der Waals surface area contributed by atoms with E-state index in [1.807, 2.05) is 32.9 Å². The van der Waals surface area contributed by atoms with Gasteiger partial charge < -0.3 is 0 Å². The smallest absolute Gasteiger partial charge is 0.213 e. The van der Waals surface area contributed by atoms with E-state index in [0.717, 1.165) is 22.9 Å². The second-order valence-corrected chi connectivity index (χ2v) is 9.95. The van der Waals surface area contributed by atoms with Crippen LogP contribution in [0.15, 0.2) is 17.0 Å². The van der Waals surface area contributed by atoms with Crippen molar-refractivity contribution in [2.24, 2.45) is 0 Å². The summed E-state index contributed by atoms with van der Waals surface area (Å²) >= 11 is 0. The molecule has 8 heteroatoms. The third-order valence-electron chi connectivity index (χ3n) is 4.04. The monoisotopic (exact) mass is 360 g/mol. The second-order valence-electron chi connectivity index (χ2n) is 6.30. The Labute approximate surface area is 139 Å². The maximum absolute atomic E-state index is 12.9. The third-order valence-corrected chi connectivity index (χ3v) is 7.00. The summed E-state index contributed by atoms with van der Waals surface area (Å²) in [6, 6.07) is 3.55. The van der Waals surface area contributed by atoms with Crippen LogP contribution < -0.4 is 4.72 Å². The predicted octanol–water partition coefficient (Wildman–Crippen LogP) is 1.31. The highest BCUT2D eigenvalue weighted by Crippen LogP contribution is 2.27. The van der Waals surface area contributed by atoms with Crippen LogP contribution in [0.4, 0.5) is 0 Å². The number of hydrogen-bond donors (Lipinski definition) is 1. The van der Waals surface area contributed by atoms with E-state index in [9.17, 15) is 16.8 Å². The predicted molar refractivity (Wildman–Crippen MR) is 90.4 cm³/mol. The van der Waals surface area contributed by atoms with Crippen LogP contribution in [0.25, 0.3) is 0 Å². The van der Waals surface area contributed by atoms with E-state index >= 15 is 0 Å². The van der Waals surface area contributed by atoms with Gasteiger partial charge >= 0.3 is 0 Å². The maximum atomic E-state index is 12.9. The van der Waals surface area contributed by atoms with Crippen molar-refractivity contribution >= 4 is 20.0 Å². The van der Waals surface area contributed by atoms with E-state index in [2.05, 4.69) is 4.72 Å². The molecule has 1 saturated heterocycles. The molecule has 23 heavy (non-hydrogen) atoms. The zero-order valence-corrected chi connectivity index (χ0v) is 15.6. The Morgan fingerprint density at radius 1 is 1.00 bits per heavy atom. The van der Waals surface area contributed by atoms with Gasteiger partial charge in [-0.05, 0) is 44.7 Å². The lowest BCUT2D eigenvalue weighted by Crippen LogP contribution is -2.46. The van der Waals surface area contributed by atoms with Crippen molar-refractivity contribution in [1.82, 2.24) is 9.03 Å². The Bertz CT molecular complexity index is 770. The van der Waals surface area contributed by atoms with Crippen molar-refractivity contribution in [2.75, 3.05) is 19.3 Å². The minimum atomic E-state index is -3.55. The van der Waals surface area contributed by atoms with Crippen LogP contribution in [-0.2, 0) is 20.0 Å². The SMILES string of the molecule is Cc1cc(C)c(S(=O)(=O)N2CCC(NS(C)(=O)=O)CC2)c(C)c1. The van der Waals surface area contributed by atoms with Gasteiger partial charge in [-0.2, -0.15) is 4.31 Å². The van der Waals surface area contributed by atoms with Gasteiger partial charge in [0.2, 0.25) is 20.0 Å². The summed E-state index contributed by atoms with van der Waals surface area (Å²) in [5, 5.41) is 0. The van der Waals surface area contributed by atoms with Gasteiger partial charge in [-0.15, -0.1) is 0 Å². The average Bonchev–Trinajstić information content (AvgIpc) is 2.35. The van der Waals surface area contributed by atoms with Crippen LogP contribution in [0.5, 0.6) is 0 Å². The summed E-state index contributed by atoms with van der Waals surface area (Å²) in [7, 11) is -6.82. The molecule has 1 aliphatic heterocycles. The van der Waals surface area contributed by atoms with Crippen LogP contribution in [0.3, 0.4) is 0 Å². The Morgan fingerprint density at radius 2 is 1.48 bits per heavy atom. The number of aryl methyl sites for hydroxylation is 3. The first kappa shape index (κ1) is 18.4. The standard InChI is InChI=1S/C15H24N2O4S2/c1-11-9-12(2)15(13(3)10-11)23(20,21)17-7-5-14(6-8-17)16-22(4,18)19/h9-10,14,16H,5-8H2,1-4H3. The fourth-order valence-electron chi connectivity index (χ4n) is 3.22. The lowest BCUT2D eigenvalue weighted by atomic mass is 10.1. The first-order valence-corrected chi connectivity index (χ1v) is 10.9. The van der Waals surface area contributed by atoms with Crippen LogP contribution in [0.2, 0.25) is 0 Å². The van der Waals surface area contributed by atoms with E-state index in [4.69, 9.17) is 0 Å². The maximum Gasteiger partial charge on any atom is 0.243 e. The van der Waals surface area contributed by atoms with E-state index in [1.165, 1.54) is 4.31 Å². The van der Waals surface area contributed by atoms with E-state index < -0.39 is 20.0 Å². The van der Waals surface area contributed by atoms with Gasteiger partial charge in [0.1, 0.15) is 0 Å². The fourth-order valence-corrected chi connectivity index (χ4v) is 5.94. The first-order valence-electron chi connectivity index (χ1n) is 7.56. The molecule has 0 bridgehead atoms. The molecule has 2 rings (SSSR count). The number of rotatable bonds is 4. The molecule has 0 radical (unpaired) electrons. The summed E-state index contributed by atoms with van der Waals surface area (Å²) < 4.78 is 52.4. The Kier molecular flexibility index (Phi) is 5.20. The molecular weight excluding hydrogens is 336 g/mol. The molecule has 130 valence electrons. The number of benzene rings is 1. The number of piperidine rings is 1. The molecular formula is C15H24N2O4S2. The Morgan fingerprint density at radius 3 is 1.91 bits per heavy atom. The summed E-state index contributed by atoms with van der Waals surface area (Å²) in [6.45, 7) is 6.21. The van der Waals surface area contributed by atoms with Crippen LogP contribution in [-0.4, -0.2) is 46.5 Å². The van der Waals surface area contributed by atoms with Crippen molar-refractivity contribution in [3.05, 3.63) is 28.8 Å². The summed E-state index contributed by atoms with van der Waals surface area (Å²) in [4.78, 5) is 0.373. The summed E-state index contributed by atoms with van der Waals surface area (Å²) in [5.41, 5.74) is 2.53. The molecule has 1 N–H and O–H groups in total. The van der Waals surface area contributed by atoms with Crippen LogP contribution in [0.1, 0.15) is 29.5 Å². The molecule has 0 aliphatic carbocycles. The van der Waals surface area contributed by atoms with Gasteiger partial charge in [0, 0.05) is 19.1 Å². The van der Waals surface area contributed by atoms with E-state index in [-0.39, 0.29) is 6.04 Å². The number of nitrogens with zero attached hydrogens (tertiary/aromatic N) is 1. The zero-order chi connectivity index (χ0) is 17.4. The fraction of sp³-hybridized carbons (Fsp3) is 0.600. The molecule has 0 atom stereocenters. The topological polar surface area (TPSA) is 83.6 Å². The van der Waals surface area contributed by atoms with Crippen molar-refractivity contribution < 1.29 is 16.8 Å². The molecule has 6 nitrogen and oxygen atoms in total. The Balaban J connectivity index is 2.20. The van der Waals surface area contributed by atoms with Gasteiger partial charge in [-0.3, -0.25) is 0 Å². The van der Waals surface area contributed by atoms with Crippen LogP contribution in [0, 0.1) is 20.8 Å². The van der Waals surface area contributed by atoms with E-state index in [0.29, 0.717) is 30.8 Å². The molecule has 1 fully saturated rings. The third kappa shape index (κ3) is 4.32. The lowest BCUT2D eigenvalue weighted by Gasteiger charge is -2.32. The van der Waals surface area contributed by atoms with Crippen molar-refractivity contribution in [3.63, 3.8) is 0 Å². The molecule has 0 saturated carbocycles. The Hall–Kier alpha value is -0.960. The lowest BCUT2D eigenvalue weighted by molar-refractivity contribution is 0.308. The summed E-state index contributed by atoms with van der Waals surface area (Å²) in [6.07, 6.45) is 2.08. The molecule has 0 spiro atoms. The molecule has 0 unspecified atom stereocenters. The minimum Gasteiger partial charge on any atom is -0.213 e. The van der Waals surface area contributed by atoms with Crippen molar-refractivity contribution in [2.45, 2.75) is 44.6 Å². The van der Waals surface area contributed by atoms with E-state index in [1.54, 1.807) is 0 Å². The minimum absolute atomic E-state index is 0.198. The molecule has 1 aromatic carbocycles. The molecule has 1 heterocycles. The van der Waals surface area contributed by atoms with Crippen molar-refractivity contribution in [3.8, 4) is 0 Å². The van der Waals surface area contributed by atoms with Gasteiger partial charge in [0.15, 0.2) is 0 Å². The van der Waals surface area contributed by atoms with Gasteiger partial charge in [-0.25, -0.2) is 21.6 Å². The highest BCUT2D eigenvalue weighted by molar-refractivity contribution is 7.89. The van der Waals surface area contributed by atoms with Crippen LogP contribution >= 0.6 is 0 Å². The van der Waals surface area contributed by atoms with Gasteiger partial charge in [-0.1, -0.05) is 17.7 Å². The number of hydrogen-bond acceptors (Lipinski definition) is 4. The molecule has 1 aromatic rings. The highest BCUT2D eigenvalue weighted by Gasteiger charge is 2.32. The van der Waals surface area contributed by atoms with Crippen molar-refractivity contribution in [1.29, 1.82) is 0 Å². The number of sulfonamides is 2.